The molecule has 0 radical (unpaired) electrons. The van der Waals surface area contributed by atoms with Gasteiger partial charge in [0, 0.05) is 0 Å². The topological polar surface area (TPSA) is 89.6 Å². The molecule has 0 aromatic heterocycles. The molecule has 5 nitrogen and oxygen atoms in total. The van der Waals surface area contributed by atoms with Crippen molar-refractivity contribution in [1.29, 1.82) is 0 Å². The zero-order valence-corrected chi connectivity index (χ0v) is 5.25. The molecule has 3 N–H and O–H groups in total. The summed E-state index contributed by atoms with van der Waals surface area (Å²) >= 11 is 0. The molecule has 7 heteroatoms. The molecule has 0 fully saturated rings. The van der Waals surface area contributed by atoms with Crippen molar-refractivity contribution >= 4 is 16.4 Å². The zero-order chi connectivity index (χ0) is 5.86. The lowest BCUT2D eigenvalue weighted by molar-refractivity contribution is 0.412. The van der Waals surface area contributed by atoms with Crippen LogP contribution in [0.1, 0.15) is 0 Å². The Bertz CT molecular complexity index is 85.9. The van der Waals surface area contributed by atoms with E-state index in [2.05, 4.69) is 9.81 Å². The van der Waals surface area contributed by atoms with Gasteiger partial charge in [0.25, 0.3) is 8.18 Å². The van der Waals surface area contributed by atoms with Gasteiger partial charge in [-0.15, -0.1) is 0 Å². The van der Waals surface area contributed by atoms with E-state index >= 15 is 0 Å². The maximum atomic E-state index is 9.66. The smallest absolute Gasteiger partial charge is 0.322 e. The summed E-state index contributed by atoms with van der Waals surface area (Å²) in [7, 11) is -5.78. The van der Waals surface area contributed by atoms with E-state index in [9.17, 15) is 9.13 Å². The van der Waals surface area contributed by atoms with Crippen molar-refractivity contribution in [2.24, 2.45) is 5.50 Å². The molecule has 0 amide bonds. The van der Waals surface area contributed by atoms with Crippen molar-refractivity contribution in [2.45, 2.75) is 0 Å². The van der Waals surface area contributed by atoms with E-state index in [1.54, 1.807) is 0 Å². The van der Waals surface area contributed by atoms with Crippen LogP contribution in [0.4, 0.5) is 0 Å². The summed E-state index contributed by atoms with van der Waals surface area (Å²) in [6.07, 6.45) is 0. The van der Waals surface area contributed by atoms with E-state index in [4.69, 9.17) is 4.89 Å². The van der Waals surface area contributed by atoms with Crippen LogP contribution < -0.4 is 5.50 Å². The monoisotopic (exact) mass is 145 g/mol. The summed E-state index contributed by atoms with van der Waals surface area (Å²) in [6, 6.07) is 0. The predicted octanol–water partition coefficient (Wildman–Crippen LogP) is -0.267. The minimum absolute atomic E-state index is 2.70. The minimum atomic E-state index is -3.08. The third-order valence-corrected chi connectivity index (χ3v) is 1.69. The number of nitrogens with two attached hydrogens (primary N) is 1. The van der Waals surface area contributed by atoms with Crippen LogP contribution in [0.2, 0.25) is 0 Å². The highest BCUT2D eigenvalue weighted by molar-refractivity contribution is 7.48. The minimum Gasteiger partial charge on any atom is -0.326 e. The lowest BCUT2D eigenvalue weighted by Gasteiger charge is -1.87. The molecule has 0 rings (SSSR count). The molecule has 44 valence electrons. The van der Waals surface area contributed by atoms with Gasteiger partial charge < -0.3 is 4.89 Å². The Morgan fingerprint density at radius 2 is 2.00 bits per heavy atom. The molecule has 0 saturated carbocycles. The van der Waals surface area contributed by atoms with Crippen LogP contribution in [-0.2, 0) is 13.4 Å². The third-order valence-electron chi connectivity index (χ3n) is 0.188. The Morgan fingerprint density at radius 1 is 1.57 bits per heavy atom. The molecule has 0 aliphatic heterocycles. The van der Waals surface area contributed by atoms with Crippen LogP contribution in [0.5, 0.6) is 0 Å². The maximum Gasteiger partial charge on any atom is 0.322 e. The van der Waals surface area contributed by atoms with Crippen molar-refractivity contribution in [2.75, 3.05) is 0 Å². The Balaban J connectivity index is 3.32. The van der Waals surface area contributed by atoms with Crippen molar-refractivity contribution in [3.8, 4) is 0 Å². The van der Waals surface area contributed by atoms with Crippen molar-refractivity contribution in [3.05, 3.63) is 0 Å². The number of hydrogen-bond acceptors (Lipinski definition) is 3. The lowest BCUT2D eigenvalue weighted by Crippen LogP contribution is -1.75. The molecule has 0 aliphatic rings. The summed E-state index contributed by atoms with van der Waals surface area (Å²) < 4.78 is 22.9. The molecule has 0 heterocycles. The second-order valence-electron chi connectivity index (χ2n) is 0.687. The Labute approximate surface area is 41.3 Å². The first-order chi connectivity index (χ1) is 3.13. The molecule has 0 spiro atoms. The highest BCUT2D eigenvalue weighted by Gasteiger charge is 1.91. The van der Waals surface area contributed by atoms with Crippen LogP contribution in [0.25, 0.3) is 0 Å². The summed E-state index contributed by atoms with van der Waals surface area (Å²) in [6.45, 7) is 0. The van der Waals surface area contributed by atoms with Gasteiger partial charge in [0.1, 0.15) is 0 Å². The molecule has 2 atom stereocenters. The summed E-state index contributed by atoms with van der Waals surface area (Å²) in [4.78, 5) is 7.79. The maximum absolute atomic E-state index is 9.66. The van der Waals surface area contributed by atoms with Gasteiger partial charge in [-0.25, -0.2) is 4.31 Å². The molecule has 2 unspecified atom stereocenters. The summed E-state index contributed by atoms with van der Waals surface area (Å²) in [5, 5.41) is 0. The fourth-order valence-electron chi connectivity index (χ4n) is 0.0861. The van der Waals surface area contributed by atoms with Gasteiger partial charge in [-0.1, -0.05) is 0 Å². The van der Waals surface area contributed by atoms with E-state index < -0.39 is 16.4 Å². The molecule has 0 aromatic rings. The molecular weight excluding hydrogens is 140 g/mol. The summed E-state index contributed by atoms with van der Waals surface area (Å²) in [5.41, 5.74) is 4.48. The van der Waals surface area contributed by atoms with E-state index in [0.29, 0.717) is 0 Å². The lowest BCUT2D eigenvalue weighted by atomic mass is 13.9. The van der Waals surface area contributed by atoms with E-state index in [0.717, 1.165) is 0 Å². The first-order valence-corrected chi connectivity index (χ1v) is 3.99. The average molecular weight is 145 g/mol. The van der Waals surface area contributed by atoms with Gasteiger partial charge in [0.2, 0.25) is 0 Å². The van der Waals surface area contributed by atoms with Gasteiger partial charge in [-0.05, 0) is 0 Å². The van der Waals surface area contributed by atoms with E-state index in [1.807, 2.05) is 0 Å². The average Bonchev–Trinajstić information content (AvgIpc) is 1.27. The van der Waals surface area contributed by atoms with Crippen LogP contribution in [0.3, 0.4) is 0 Å². The largest absolute Gasteiger partial charge is 0.326 e. The SMILES string of the molecule is N[PH](=O)O[PH](=O)O. The van der Waals surface area contributed by atoms with Crippen LogP contribution in [-0.4, -0.2) is 4.89 Å². The molecule has 7 heavy (non-hydrogen) atoms. The molecule has 0 bridgehead atoms. The molecule has 0 aliphatic carbocycles. The molecule has 0 saturated heterocycles. The third kappa shape index (κ3) is 6.34. The van der Waals surface area contributed by atoms with E-state index in [1.165, 1.54) is 0 Å². The standard InChI is InChI=1S/H5NO4P2/c1-6(2)5-7(3)4/h6-7H,(H2,1,2)(H,3,4). The quantitative estimate of drug-likeness (QED) is 0.522. The van der Waals surface area contributed by atoms with Gasteiger partial charge in [-0.2, -0.15) is 0 Å². The van der Waals surface area contributed by atoms with Gasteiger partial charge in [-0.3, -0.25) is 14.6 Å². The summed E-state index contributed by atoms with van der Waals surface area (Å²) in [5.74, 6) is 0. The predicted molar refractivity (Wildman–Crippen MR) is 25.5 cm³/mol. The van der Waals surface area contributed by atoms with E-state index in [-0.39, 0.29) is 0 Å². The Kier molecular flexibility index (Phi) is 3.52. The second kappa shape index (κ2) is 3.36. The first kappa shape index (κ1) is 7.34. The zero-order valence-electron chi connectivity index (χ0n) is 3.25. The van der Waals surface area contributed by atoms with Crippen molar-refractivity contribution in [1.82, 2.24) is 0 Å². The normalized spacial score (nSPS) is 18.6. The highest BCUT2D eigenvalue weighted by Crippen LogP contribution is 2.28. The molecular formula is H5NO4P2. The van der Waals surface area contributed by atoms with Gasteiger partial charge in [0.15, 0.2) is 0 Å². The van der Waals surface area contributed by atoms with Crippen molar-refractivity contribution in [3.63, 3.8) is 0 Å². The highest BCUT2D eigenvalue weighted by atomic mass is 31.2. The fraction of sp³-hybridized carbons (Fsp3) is 0. The Hall–Kier alpha value is 0.340. The van der Waals surface area contributed by atoms with Crippen LogP contribution >= 0.6 is 16.4 Å². The van der Waals surface area contributed by atoms with Gasteiger partial charge >= 0.3 is 8.25 Å². The first-order valence-electron chi connectivity index (χ1n) is 1.33. The van der Waals surface area contributed by atoms with Crippen molar-refractivity contribution < 1.29 is 18.3 Å². The second-order valence-corrected chi connectivity index (χ2v) is 2.67. The Morgan fingerprint density at radius 3 is 2.00 bits per heavy atom. The number of hydrogen-bond donors (Lipinski definition) is 2. The van der Waals surface area contributed by atoms with Gasteiger partial charge in [0.05, 0.1) is 0 Å². The van der Waals surface area contributed by atoms with Crippen LogP contribution in [0.15, 0.2) is 0 Å². The fourth-order valence-corrected chi connectivity index (χ4v) is 0.774. The molecule has 0 aromatic carbocycles. The van der Waals surface area contributed by atoms with Crippen LogP contribution in [0, 0.1) is 0 Å². The number of rotatable bonds is 2.